The molecule has 1 aliphatic heterocycles. The molecule has 3 N–H and O–H groups in total. The molecular weight excluding hydrogens is 1530 g/mol. The zero-order chi connectivity index (χ0) is 87.3. The minimum absolute atomic E-state index is 0.00991. The molecule has 15 heterocycles. The number of nitrogens with zero attached hydrogens (tertiary/aromatic N) is 15. The second-order valence-electron chi connectivity index (χ2n) is 33.3. The number of anilines is 1. The van der Waals surface area contributed by atoms with Gasteiger partial charge in [-0.3, -0.25) is 39.3 Å². The molecule has 20 rings (SSSR count). The summed E-state index contributed by atoms with van der Waals surface area (Å²) in [5.74, 6) is 4.40. The summed E-state index contributed by atoms with van der Waals surface area (Å²) < 4.78 is 18.8. The molecule has 0 atom stereocenters. The van der Waals surface area contributed by atoms with E-state index in [2.05, 4.69) is 245 Å². The fraction of sp³-hybridized carbons (Fsp3) is 0.320. The molecule has 21 nitrogen and oxygen atoms in total. The molecule has 4 aromatic carbocycles. The maximum absolute atomic E-state index is 11.6. The fourth-order valence-corrected chi connectivity index (χ4v) is 15.4. The van der Waals surface area contributed by atoms with Crippen molar-refractivity contribution >= 4 is 99.9 Å². The lowest BCUT2D eigenvalue weighted by molar-refractivity contribution is -0.117. The molecular formula is C100H118N18O3S. The Kier molecular flexibility index (Phi) is 31.3. The van der Waals surface area contributed by atoms with Gasteiger partial charge in [0.05, 0.1) is 57.5 Å². The average molecular weight is 1650 g/mol. The Labute approximate surface area is 720 Å². The Morgan fingerprint density at radius 3 is 1.75 bits per heavy atom. The molecule has 0 fully saturated rings. The highest BCUT2D eigenvalue weighted by molar-refractivity contribution is 7.13. The zero-order valence-corrected chi connectivity index (χ0v) is 75.0. The predicted molar refractivity (Wildman–Crippen MR) is 502 cm³/mol. The molecule has 0 bridgehead atoms. The maximum atomic E-state index is 11.6. The molecule has 122 heavy (non-hydrogen) atoms. The highest BCUT2D eigenvalue weighted by Crippen LogP contribution is 2.33. The third-order valence-electron chi connectivity index (χ3n) is 21.0. The summed E-state index contributed by atoms with van der Waals surface area (Å²) in [5.41, 5.74) is 22.1. The van der Waals surface area contributed by atoms with Gasteiger partial charge in [0.25, 0.3) is 5.56 Å². The van der Waals surface area contributed by atoms with Gasteiger partial charge in [-0.25, -0.2) is 19.5 Å². The lowest BCUT2D eigenvalue weighted by Crippen LogP contribution is -2.33. The van der Waals surface area contributed by atoms with Crippen molar-refractivity contribution in [2.24, 2.45) is 0 Å². The van der Waals surface area contributed by atoms with Crippen LogP contribution in [0, 0.1) is 0 Å². The van der Waals surface area contributed by atoms with Gasteiger partial charge < -0.3 is 28.2 Å². The lowest BCUT2D eigenvalue weighted by atomic mass is 9.98. The summed E-state index contributed by atoms with van der Waals surface area (Å²) in [7, 11) is 0. The highest BCUT2D eigenvalue weighted by Gasteiger charge is 2.28. The third-order valence-corrected chi connectivity index (χ3v) is 21.8. The van der Waals surface area contributed by atoms with Crippen LogP contribution in [-0.4, -0.2) is 94.5 Å². The van der Waals surface area contributed by atoms with E-state index in [9.17, 15) is 9.59 Å². The molecule has 0 radical (unpaired) electrons. The van der Waals surface area contributed by atoms with Crippen LogP contribution in [-0.2, 0) is 17.6 Å². The Morgan fingerprint density at radius 2 is 1.05 bits per heavy atom. The summed E-state index contributed by atoms with van der Waals surface area (Å²) in [6.07, 6.45) is 38.5. The average Bonchev–Trinajstić information content (AvgIpc) is 1.65. The van der Waals surface area contributed by atoms with Crippen LogP contribution < -0.4 is 10.5 Å². The van der Waals surface area contributed by atoms with Crippen LogP contribution in [0.25, 0.3) is 76.8 Å². The normalized spacial score (nSPS) is 12.0. The van der Waals surface area contributed by atoms with Gasteiger partial charge in [0.2, 0.25) is 5.91 Å². The summed E-state index contributed by atoms with van der Waals surface area (Å²) in [5, 5.41) is 16.8. The quantitative estimate of drug-likeness (QED) is 0.115. The Hall–Kier alpha value is -12.8. The van der Waals surface area contributed by atoms with E-state index in [0.29, 0.717) is 53.8 Å². The molecule has 1 amide bonds. The van der Waals surface area contributed by atoms with Crippen molar-refractivity contribution in [2.45, 2.75) is 211 Å². The first-order chi connectivity index (χ1) is 58.7. The van der Waals surface area contributed by atoms with Crippen molar-refractivity contribution in [2.75, 3.05) is 4.90 Å². The number of H-pyrrole nitrogens is 3. The van der Waals surface area contributed by atoms with E-state index in [4.69, 9.17) is 4.52 Å². The van der Waals surface area contributed by atoms with Crippen molar-refractivity contribution < 1.29 is 9.32 Å². The topological polar surface area (TPSA) is 245 Å². The Bertz CT molecular complexity index is 5680. The maximum Gasteiger partial charge on any atom is 0.271 e. The van der Waals surface area contributed by atoms with Crippen LogP contribution in [0.1, 0.15) is 254 Å². The first-order valence-corrected chi connectivity index (χ1v) is 43.2. The Balaban J connectivity index is 0.000000132. The van der Waals surface area contributed by atoms with Gasteiger partial charge in [-0.1, -0.05) is 195 Å². The van der Waals surface area contributed by atoms with Gasteiger partial charge in [-0.05, 0) is 193 Å². The summed E-state index contributed by atoms with van der Waals surface area (Å²) in [6, 6.07) is 44.5. The molecule has 0 spiro atoms. The van der Waals surface area contributed by atoms with Gasteiger partial charge in [0, 0.05) is 149 Å². The van der Waals surface area contributed by atoms with Gasteiger partial charge in [-0.15, -0.1) is 0 Å². The minimum Gasteiger partial charge on any atom is -0.361 e. The molecule has 0 unspecified atom stereocenters. The smallest absolute Gasteiger partial charge is 0.271 e. The van der Waals surface area contributed by atoms with E-state index >= 15 is 0 Å². The monoisotopic (exact) mass is 1650 g/mol. The molecule has 22 heteroatoms. The number of hydrogen-bond donors (Lipinski definition) is 3. The number of amides is 1. The number of nitrogens with one attached hydrogen (secondary N) is 3. The second kappa shape index (κ2) is 42.4. The van der Waals surface area contributed by atoms with Crippen LogP contribution in [0.5, 0.6) is 0 Å². The largest absolute Gasteiger partial charge is 0.361 e. The Morgan fingerprint density at radius 1 is 0.434 bits per heavy atom. The van der Waals surface area contributed by atoms with Crippen LogP contribution in [0.15, 0.2) is 254 Å². The number of carbonyl (C=O) groups is 1. The van der Waals surface area contributed by atoms with E-state index in [0.717, 1.165) is 67.7 Å². The number of allylic oxidation sites excluding steroid dienone is 1. The number of pyridine rings is 4. The minimum atomic E-state index is -0.00991. The van der Waals surface area contributed by atoms with E-state index in [1.54, 1.807) is 34.6 Å². The van der Waals surface area contributed by atoms with Gasteiger partial charge in [0.1, 0.15) is 5.65 Å². The van der Waals surface area contributed by atoms with Crippen molar-refractivity contribution in [3.8, 4) is 0 Å². The first kappa shape index (κ1) is 90.0. The summed E-state index contributed by atoms with van der Waals surface area (Å²) >= 11 is 1.59. The number of carbonyl (C=O) groups excluding carboxylic acids is 1. The van der Waals surface area contributed by atoms with E-state index in [-0.39, 0.29) is 23.6 Å². The SMILES string of the molecule is CC(C)N1C(=O)Cc2ccccc21.CC(C)c1c[nH]c2ccncc12.CC(C)c1c[nH]c2cnccc12.CC(C)c1cnc2ccccn12.CC(C)c1cnc2cnccn12.CC(C)c1cncc2c1C=CC2.CC(C)c1cnn2cccnc12.CC(C)c1noc2ccccc12.CC(C)c1nsc2ccccc12.CC(C)n1[nH]c(=O)c2ccccc21. The molecule has 0 saturated carbocycles. The van der Waals surface area contributed by atoms with Gasteiger partial charge >= 0.3 is 0 Å². The molecule has 18 aromatic rings. The van der Waals surface area contributed by atoms with Crippen molar-refractivity contribution in [3.05, 3.63) is 317 Å². The predicted octanol–water partition coefficient (Wildman–Crippen LogP) is 24.6. The van der Waals surface area contributed by atoms with Crippen molar-refractivity contribution in [1.29, 1.82) is 0 Å². The van der Waals surface area contributed by atoms with E-state index in [1.165, 1.54) is 76.8 Å². The zero-order valence-electron chi connectivity index (χ0n) is 74.2. The number of hydrogen-bond acceptors (Lipinski definition) is 14. The van der Waals surface area contributed by atoms with E-state index in [1.807, 2.05) is 209 Å². The number of imidazole rings is 2. The van der Waals surface area contributed by atoms with Crippen LogP contribution >= 0.6 is 11.5 Å². The van der Waals surface area contributed by atoms with Crippen molar-refractivity contribution in [3.63, 3.8) is 0 Å². The first-order valence-electron chi connectivity index (χ1n) is 42.4. The van der Waals surface area contributed by atoms with E-state index < -0.39 is 0 Å². The number of fused-ring (bicyclic) bond motifs is 10. The molecule has 2 aliphatic rings. The molecule has 632 valence electrons. The van der Waals surface area contributed by atoms with Gasteiger partial charge in [-0.2, -0.15) is 9.47 Å². The molecule has 1 aliphatic carbocycles. The number of para-hydroxylation sites is 3. The summed E-state index contributed by atoms with van der Waals surface area (Å²) in [4.78, 5) is 60.5. The number of aromatic nitrogens is 17. The third kappa shape index (κ3) is 22.2. The number of rotatable bonds is 10. The molecule has 0 saturated heterocycles. The highest BCUT2D eigenvalue weighted by atomic mass is 32.1. The van der Waals surface area contributed by atoms with Gasteiger partial charge in [0.15, 0.2) is 16.9 Å². The van der Waals surface area contributed by atoms with Crippen molar-refractivity contribution in [1.82, 2.24) is 82.6 Å². The fourth-order valence-electron chi connectivity index (χ4n) is 14.5. The van der Waals surface area contributed by atoms with Crippen LogP contribution in [0.4, 0.5) is 5.69 Å². The summed E-state index contributed by atoms with van der Waals surface area (Å²) in [6.45, 7) is 42.9. The van der Waals surface area contributed by atoms with Crippen LogP contribution in [0.3, 0.4) is 0 Å². The number of benzene rings is 4. The van der Waals surface area contributed by atoms with Crippen LogP contribution in [0.2, 0.25) is 0 Å². The lowest BCUT2D eigenvalue weighted by Gasteiger charge is -2.21. The number of aromatic amines is 3. The standard InChI is InChI=1S/C11H13NO.C11H13N.C10H12N2O.3C10H12N2.C10H11NO.C10H11NS.2C9H11N3/c1-8(2)12-10-6-4-3-5-9(10)7-11(12)13;1-8(2)11-7-12-6-9-4-3-5-10(9)11;1-7(2)12-9-6-4-3-5-8(9)10(13)11-12;1-7(2)8-6-12-10-3-4-11-5-9(8)10;1-7(2)9-5-12-10-6-11-4-3-8(9)10;1-8(2)9-7-11-10-5-3-4-6-12(9)10;2*1-7(2)10-8-5-3-4-6-9(8)12-11-10;1-7(2)8-5-11-9-6-10-3-4-12(8)9;1-7(2)8-6-11-12-5-3-4-10-9(8)12/h3-6,8H,7H2,1-2H3;3,5-8H,4H2,1-2H3;3-7H,1-2H3,(H,11,13);2*3-7,12H,1-2H3;3-8H,1-2H3;4*3-7H,1-2H3. The molecule has 14 aromatic heterocycles. The second-order valence-corrected chi connectivity index (χ2v) is 34.1.